The van der Waals surface area contributed by atoms with Crippen LogP contribution in [0.25, 0.3) is 27.9 Å². The van der Waals surface area contributed by atoms with E-state index < -0.39 is 31.5 Å². The Morgan fingerprint density at radius 3 is 2.45 bits per heavy atom. The Hall–Kier alpha value is -5.07. The Morgan fingerprint density at radius 2 is 1.69 bits per heavy atom. The number of para-hydroxylation sites is 1. The van der Waals surface area contributed by atoms with E-state index in [2.05, 4.69) is 23.5 Å². The van der Waals surface area contributed by atoms with E-state index in [0.29, 0.717) is 44.4 Å². The van der Waals surface area contributed by atoms with Gasteiger partial charge in [-0.05, 0) is 78.4 Å². The van der Waals surface area contributed by atoms with Crippen LogP contribution in [0.3, 0.4) is 0 Å². The summed E-state index contributed by atoms with van der Waals surface area (Å²) in [7, 11) is -8.90. The van der Waals surface area contributed by atoms with Crippen molar-refractivity contribution in [1.29, 1.82) is 0 Å². The molecule has 0 spiro atoms. The minimum absolute atomic E-state index is 0.111. The van der Waals surface area contributed by atoms with E-state index in [0.717, 1.165) is 23.4 Å². The molecule has 1 heterocycles. The van der Waals surface area contributed by atoms with E-state index in [1.54, 1.807) is 49.4 Å². The zero-order valence-electron chi connectivity index (χ0n) is 27.9. The van der Waals surface area contributed by atoms with Crippen LogP contribution in [0, 0.1) is 5.92 Å². The highest BCUT2D eigenvalue weighted by molar-refractivity contribution is 7.90. The lowest BCUT2D eigenvalue weighted by Gasteiger charge is -2.25. The molecule has 3 atom stereocenters. The minimum Gasteiger partial charge on any atom is -0.456 e. The number of hydrogen-bond donors (Lipinski definition) is 3. The van der Waals surface area contributed by atoms with Gasteiger partial charge >= 0.3 is 0 Å². The topological polar surface area (TPSA) is 146 Å². The van der Waals surface area contributed by atoms with Crippen LogP contribution in [0.15, 0.2) is 141 Å². The molecule has 3 N–H and O–H groups in total. The third-order valence-electron chi connectivity index (χ3n) is 9.44. The fourth-order valence-electron chi connectivity index (χ4n) is 6.93. The van der Waals surface area contributed by atoms with Crippen LogP contribution in [0.4, 0.5) is 11.4 Å². The Bertz CT molecular complexity index is 2550. The van der Waals surface area contributed by atoms with Gasteiger partial charge in [-0.25, -0.2) is 0 Å². The molecule has 0 aromatic heterocycles. The summed E-state index contributed by atoms with van der Waals surface area (Å²) >= 11 is 0. The molecular weight excluding hydrogens is 685 g/mol. The maximum Gasteiger partial charge on any atom is 0.294 e. The molecule has 11 heteroatoms. The van der Waals surface area contributed by atoms with Gasteiger partial charge in [0.15, 0.2) is 0 Å². The third-order valence-corrected chi connectivity index (χ3v) is 11.6. The maximum absolute atomic E-state index is 12.7. The number of hydrogen-bond acceptors (Lipinski definition) is 7. The summed E-state index contributed by atoms with van der Waals surface area (Å²) in [4.78, 5) is 4.70. The third kappa shape index (κ3) is 7.11. The molecule has 51 heavy (non-hydrogen) atoms. The smallest absolute Gasteiger partial charge is 0.294 e. The molecule has 0 fully saturated rings. The van der Waals surface area contributed by atoms with Gasteiger partial charge in [-0.3, -0.25) is 14.1 Å². The number of anilines is 2. The molecule has 0 saturated heterocycles. The van der Waals surface area contributed by atoms with E-state index >= 15 is 0 Å². The van der Waals surface area contributed by atoms with Crippen LogP contribution < -0.4 is 10.7 Å². The summed E-state index contributed by atoms with van der Waals surface area (Å²) in [5.74, 6) is 0.268. The minimum atomic E-state index is -4.46. The molecule has 0 radical (unpaired) electrons. The van der Waals surface area contributed by atoms with Gasteiger partial charge in [0.1, 0.15) is 16.6 Å². The molecule has 0 saturated carbocycles. The van der Waals surface area contributed by atoms with E-state index in [4.69, 9.17) is 9.41 Å². The second-order valence-electron chi connectivity index (χ2n) is 12.9. The average Bonchev–Trinajstić information content (AvgIpc) is 3.09. The second-order valence-corrected chi connectivity index (χ2v) is 15.9. The van der Waals surface area contributed by atoms with Crippen molar-refractivity contribution in [3.63, 3.8) is 0 Å². The maximum atomic E-state index is 12.7. The van der Waals surface area contributed by atoms with Gasteiger partial charge in [0.05, 0.1) is 16.3 Å². The van der Waals surface area contributed by atoms with E-state index in [1.165, 1.54) is 11.6 Å². The first-order valence-corrected chi connectivity index (χ1v) is 19.4. The number of nitrogens with one attached hydrogen (secondary N) is 1. The van der Waals surface area contributed by atoms with Crippen molar-refractivity contribution in [3.05, 3.63) is 154 Å². The summed E-state index contributed by atoms with van der Waals surface area (Å²) < 4.78 is 76.0. The first-order chi connectivity index (χ1) is 24.4. The van der Waals surface area contributed by atoms with Crippen LogP contribution in [-0.2, 0) is 26.7 Å². The molecular formula is C40H36N2O7S2. The van der Waals surface area contributed by atoms with Crippen molar-refractivity contribution in [1.82, 2.24) is 0 Å². The summed E-state index contributed by atoms with van der Waals surface area (Å²) in [6.07, 6.45) is 9.15. The lowest BCUT2D eigenvalue weighted by Crippen LogP contribution is -2.25. The summed E-state index contributed by atoms with van der Waals surface area (Å²) in [6, 6.07) is 28.7. The number of rotatable bonds is 8. The van der Waals surface area contributed by atoms with Crippen LogP contribution in [0.2, 0.25) is 0 Å². The Kier molecular flexibility index (Phi) is 9.15. The lowest BCUT2D eigenvalue weighted by molar-refractivity contribution is 0.475. The average molecular weight is 721 g/mol. The van der Waals surface area contributed by atoms with Gasteiger partial charge < -0.3 is 9.73 Å². The number of fused-ring (bicyclic) bond motifs is 2. The number of allylic oxidation sites excluding steroid dienone is 4. The molecule has 7 rings (SSSR count). The molecule has 1 aliphatic heterocycles. The molecule has 0 amide bonds. The lowest BCUT2D eigenvalue weighted by atomic mass is 9.88. The van der Waals surface area contributed by atoms with Crippen molar-refractivity contribution in [2.45, 2.75) is 38.0 Å². The predicted octanol–water partition coefficient (Wildman–Crippen LogP) is 8.11. The first kappa shape index (κ1) is 34.4. The quantitative estimate of drug-likeness (QED) is 0.108. The van der Waals surface area contributed by atoms with Crippen molar-refractivity contribution in [3.8, 4) is 11.3 Å². The van der Waals surface area contributed by atoms with E-state index in [-0.39, 0.29) is 17.2 Å². The number of nitrogens with zero attached hydrogens (tertiary/aromatic N) is 1. The van der Waals surface area contributed by atoms with Gasteiger partial charge in [0.25, 0.3) is 20.2 Å². The highest BCUT2D eigenvalue weighted by atomic mass is 32.2. The number of benzene rings is 4. The highest BCUT2D eigenvalue weighted by Gasteiger charge is 2.32. The zero-order valence-corrected chi connectivity index (χ0v) is 29.5. The molecule has 3 unspecified atom stereocenters. The van der Waals surface area contributed by atoms with Crippen LogP contribution in [0.1, 0.15) is 37.0 Å². The zero-order chi connectivity index (χ0) is 35.9. The SMILES string of the molecule is CC1=C(S(=O)(=O)O)C=CC(C)C1N=c1ccc2c(C3=CC=CCC3S(=O)(=O)O)c3ccc(Nc4ccccc4Cc4ccccc4)cc3oc-2c1. The summed E-state index contributed by atoms with van der Waals surface area (Å²) in [6.45, 7) is 3.55. The second kappa shape index (κ2) is 13.6. The van der Waals surface area contributed by atoms with Crippen LogP contribution >= 0.6 is 0 Å². The molecule has 3 aromatic rings. The van der Waals surface area contributed by atoms with Gasteiger partial charge in [0, 0.05) is 45.9 Å². The standard InChI is InChI=1S/C40H36N2O7S2/c1-25-16-21-37(50(43,44)45)26(2)40(25)42-30-18-20-32-36(24-30)49-35-23-29(41-34-14-8-6-12-28(34)22-27-10-4-3-5-11-27)17-19-31(35)39(32)33-13-7-9-15-38(33)51(46,47)48/h3-14,16-21,23-25,38,40-41H,15,22H2,1-2H3,(H,43,44,45)(H,46,47,48). The molecule has 260 valence electrons. The van der Waals surface area contributed by atoms with E-state index in [9.17, 15) is 25.9 Å². The first-order valence-electron chi connectivity index (χ1n) is 16.5. The fourth-order valence-corrected chi connectivity index (χ4v) is 8.58. The van der Waals surface area contributed by atoms with Gasteiger partial charge in [-0.1, -0.05) is 79.8 Å². The molecule has 3 aromatic carbocycles. The van der Waals surface area contributed by atoms with Crippen LogP contribution in [0.5, 0.6) is 0 Å². The normalized spacial score (nSPS) is 19.9. The molecule has 3 aliphatic carbocycles. The molecule has 9 nitrogen and oxygen atoms in total. The Balaban J connectivity index is 1.38. The van der Waals surface area contributed by atoms with Gasteiger partial charge in [-0.2, -0.15) is 16.8 Å². The Morgan fingerprint density at radius 1 is 0.922 bits per heavy atom. The summed E-state index contributed by atoms with van der Waals surface area (Å²) in [5.41, 5.74) is 6.53. The predicted molar refractivity (Wildman–Crippen MR) is 201 cm³/mol. The van der Waals surface area contributed by atoms with Gasteiger partial charge in [0.2, 0.25) is 0 Å². The van der Waals surface area contributed by atoms with Crippen molar-refractivity contribution in [2.75, 3.05) is 5.32 Å². The highest BCUT2D eigenvalue weighted by Crippen LogP contribution is 2.42. The van der Waals surface area contributed by atoms with Crippen molar-refractivity contribution < 1.29 is 30.4 Å². The largest absolute Gasteiger partial charge is 0.456 e. The summed E-state index contributed by atoms with van der Waals surface area (Å²) in [5, 5.41) is 3.52. The Labute approximate surface area is 296 Å². The fraction of sp³-hybridized carbons (Fsp3) is 0.175. The van der Waals surface area contributed by atoms with E-state index in [1.807, 2.05) is 61.5 Å². The van der Waals surface area contributed by atoms with Gasteiger partial charge in [-0.15, -0.1) is 0 Å². The van der Waals surface area contributed by atoms with Crippen molar-refractivity contribution >= 4 is 48.2 Å². The molecule has 4 aliphatic rings. The molecule has 0 bridgehead atoms. The van der Waals surface area contributed by atoms with Crippen LogP contribution in [-0.4, -0.2) is 37.2 Å². The van der Waals surface area contributed by atoms with Crippen molar-refractivity contribution in [2.24, 2.45) is 10.9 Å². The monoisotopic (exact) mass is 720 g/mol.